The van der Waals surface area contributed by atoms with E-state index in [0.717, 1.165) is 10.8 Å². The topological polar surface area (TPSA) is 67.8 Å². The van der Waals surface area contributed by atoms with Gasteiger partial charge < -0.3 is 24.1 Å². The first-order valence-corrected chi connectivity index (χ1v) is 6.15. The van der Waals surface area contributed by atoms with E-state index in [1.54, 1.807) is 31.4 Å². The standard InChI is InChI=1S/C15H16O5/c1-18-6-7-19-10-20-14-5-4-11-8-13(15(16)17)3-2-12(11)9-14/h2-5,8-9H,6-7,10H2,1H3,(H,16,17)/p-1. The highest BCUT2D eigenvalue weighted by molar-refractivity contribution is 5.93. The zero-order valence-electron chi connectivity index (χ0n) is 11.1. The van der Waals surface area contributed by atoms with Crippen LogP contribution in [0.1, 0.15) is 10.4 Å². The molecule has 0 aromatic heterocycles. The lowest BCUT2D eigenvalue weighted by atomic mass is 10.1. The summed E-state index contributed by atoms with van der Waals surface area (Å²) < 4.78 is 15.5. The second-order valence-electron chi connectivity index (χ2n) is 4.17. The van der Waals surface area contributed by atoms with Gasteiger partial charge in [0.25, 0.3) is 0 Å². The minimum Gasteiger partial charge on any atom is -0.545 e. The van der Waals surface area contributed by atoms with Crippen LogP contribution in [0.4, 0.5) is 0 Å². The fourth-order valence-corrected chi connectivity index (χ4v) is 1.75. The SMILES string of the molecule is COCCOCOc1ccc2cc(C(=O)[O-])ccc2c1. The van der Waals surface area contributed by atoms with Crippen LogP contribution in [0.3, 0.4) is 0 Å². The van der Waals surface area contributed by atoms with Gasteiger partial charge in [-0.25, -0.2) is 0 Å². The minimum atomic E-state index is -1.18. The summed E-state index contributed by atoms with van der Waals surface area (Å²) in [7, 11) is 1.61. The van der Waals surface area contributed by atoms with E-state index < -0.39 is 5.97 Å². The van der Waals surface area contributed by atoms with Crippen LogP contribution < -0.4 is 9.84 Å². The maximum absolute atomic E-state index is 10.8. The fourth-order valence-electron chi connectivity index (χ4n) is 1.75. The van der Waals surface area contributed by atoms with E-state index >= 15 is 0 Å². The van der Waals surface area contributed by atoms with E-state index in [1.807, 2.05) is 6.07 Å². The number of fused-ring (bicyclic) bond motifs is 1. The molecule has 0 saturated carbocycles. The Kier molecular flexibility index (Phi) is 4.92. The second-order valence-corrected chi connectivity index (χ2v) is 4.17. The summed E-state index contributed by atoms with van der Waals surface area (Å²) in [6.07, 6.45) is 0. The third kappa shape index (κ3) is 3.69. The van der Waals surface area contributed by atoms with Crippen molar-refractivity contribution in [2.24, 2.45) is 0 Å². The van der Waals surface area contributed by atoms with Gasteiger partial charge in [-0.1, -0.05) is 18.2 Å². The van der Waals surface area contributed by atoms with Crippen LogP contribution in [0.2, 0.25) is 0 Å². The van der Waals surface area contributed by atoms with Crippen molar-refractivity contribution in [2.75, 3.05) is 27.1 Å². The van der Waals surface area contributed by atoms with E-state index in [1.165, 1.54) is 6.07 Å². The normalized spacial score (nSPS) is 10.7. The van der Waals surface area contributed by atoms with Gasteiger partial charge in [0.15, 0.2) is 6.79 Å². The highest BCUT2D eigenvalue weighted by atomic mass is 16.7. The number of benzene rings is 2. The van der Waals surface area contributed by atoms with Crippen molar-refractivity contribution < 1.29 is 24.1 Å². The molecule has 20 heavy (non-hydrogen) atoms. The molecule has 0 heterocycles. The summed E-state index contributed by atoms with van der Waals surface area (Å²) in [5, 5.41) is 12.5. The molecule has 106 valence electrons. The molecule has 5 nitrogen and oxygen atoms in total. The molecular formula is C15H15O5-. The van der Waals surface area contributed by atoms with E-state index in [4.69, 9.17) is 14.2 Å². The monoisotopic (exact) mass is 275 g/mol. The van der Waals surface area contributed by atoms with Crippen molar-refractivity contribution in [1.29, 1.82) is 0 Å². The van der Waals surface area contributed by atoms with Crippen LogP contribution in [0.15, 0.2) is 36.4 Å². The third-order valence-corrected chi connectivity index (χ3v) is 2.79. The number of rotatable bonds is 7. The Morgan fingerprint density at radius 3 is 2.60 bits per heavy atom. The van der Waals surface area contributed by atoms with E-state index in [2.05, 4.69) is 0 Å². The van der Waals surface area contributed by atoms with E-state index in [-0.39, 0.29) is 12.4 Å². The Labute approximate surface area is 116 Å². The molecule has 0 spiro atoms. The molecular weight excluding hydrogens is 260 g/mol. The van der Waals surface area contributed by atoms with Crippen LogP contribution in [-0.2, 0) is 9.47 Å². The van der Waals surface area contributed by atoms with Crippen molar-refractivity contribution in [3.63, 3.8) is 0 Å². The number of hydrogen-bond acceptors (Lipinski definition) is 5. The predicted molar refractivity (Wildman–Crippen MR) is 71.6 cm³/mol. The third-order valence-electron chi connectivity index (χ3n) is 2.79. The van der Waals surface area contributed by atoms with Crippen LogP contribution in [0.5, 0.6) is 5.75 Å². The molecule has 0 bridgehead atoms. The Morgan fingerprint density at radius 1 is 1.10 bits per heavy atom. The van der Waals surface area contributed by atoms with Crippen molar-refractivity contribution >= 4 is 16.7 Å². The Morgan fingerprint density at radius 2 is 1.85 bits per heavy atom. The molecule has 2 aromatic rings. The van der Waals surface area contributed by atoms with Gasteiger partial charge in [-0.15, -0.1) is 0 Å². The van der Waals surface area contributed by atoms with Gasteiger partial charge in [0.1, 0.15) is 5.75 Å². The van der Waals surface area contributed by atoms with Crippen LogP contribution in [0.25, 0.3) is 10.8 Å². The van der Waals surface area contributed by atoms with E-state index in [0.29, 0.717) is 19.0 Å². The number of methoxy groups -OCH3 is 1. The van der Waals surface area contributed by atoms with Crippen LogP contribution in [-0.4, -0.2) is 33.1 Å². The molecule has 0 unspecified atom stereocenters. The van der Waals surface area contributed by atoms with Gasteiger partial charge in [0.2, 0.25) is 0 Å². The first-order chi connectivity index (χ1) is 9.70. The van der Waals surface area contributed by atoms with Gasteiger partial charge in [-0.3, -0.25) is 0 Å². The number of aromatic carboxylic acids is 1. The average molecular weight is 275 g/mol. The molecule has 5 heteroatoms. The van der Waals surface area contributed by atoms with Gasteiger partial charge in [-0.2, -0.15) is 0 Å². The lowest BCUT2D eigenvalue weighted by molar-refractivity contribution is -0.255. The summed E-state index contributed by atoms with van der Waals surface area (Å²) in [6.45, 7) is 1.14. The first-order valence-electron chi connectivity index (χ1n) is 6.15. The summed E-state index contributed by atoms with van der Waals surface area (Å²) in [5.41, 5.74) is 0.161. The number of hydrogen-bond donors (Lipinski definition) is 0. The number of carbonyl (C=O) groups excluding carboxylic acids is 1. The molecule has 0 fully saturated rings. The number of carbonyl (C=O) groups is 1. The van der Waals surface area contributed by atoms with Crippen molar-refractivity contribution in [1.82, 2.24) is 0 Å². The summed E-state index contributed by atoms with van der Waals surface area (Å²) in [4.78, 5) is 10.8. The molecule has 0 aliphatic carbocycles. The maximum Gasteiger partial charge on any atom is 0.189 e. The molecule has 0 aliphatic rings. The first kappa shape index (κ1) is 14.3. The molecule has 0 radical (unpaired) electrons. The van der Waals surface area contributed by atoms with Crippen molar-refractivity contribution in [2.45, 2.75) is 0 Å². The highest BCUT2D eigenvalue weighted by Gasteiger charge is 2.00. The molecule has 0 N–H and O–H groups in total. The lowest BCUT2D eigenvalue weighted by Crippen LogP contribution is -2.21. The maximum atomic E-state index is 10.8. The number of carboxylic acids is 1. The number of ether oxygens (including phenoxy) is 3. The highest BCUT2D eigenvalue weighted by Crippen LogP contribution is 2.22. The molecule has 0 saturated heterocycles. The zero-order valence-corrected chi connectivity index (χ0v) is 11.1. The van der Waals surface area contributed by atoms with Crippen LogP contribution in [0, 0.1) is 0 Å². The lowest BCUT2D eigenvalue weighted by Gasteiger charge is -2.09. The molecule has 0 atom stereocenters. The quantitative estimate of drug-likeness (QED) is 0.561. The van der Waals surface area contributed by atoms with Crippen LogP contribution >= 0.6 is 0 Å². The number of carboxylic acid groups (broad SMARTS) is 1. The Hall–Kier alpha value is -2.11. The second kappa shape index (κ2) is 6.88. The van der Waals surface area contributed by atoms with Crippen molar-refractivity contribution in [3.8, 4) is 5.75 Å². The molecule has 0 amide bonds. The fraction of sp³-hybridized carbons (Fsp3) is 0.267. The summed E-state index contributed by atoms with van der Waals surface area (Å²) in [6, 6.07) is 10.2. The summed E-state index contributed by atoms with van der Waals surface area (Å²) in [5.74, 6) is -0.519. The van der Waals surface area contributed by atoms with Crippen molar-refractivity contribution in [3.05, 3.63) is 42.0 Å². The van der Waals surface area contributed by atoms with E-state index in [9.17, 15) is 9.90 Å². The molecule has 2 aromatic carbocycles. The minimum absolute atomic E-state index is 0.145. The zero-order chi connectivity index (χ0) is 14.4. The predicted octanol–water partition coefficient (Wildman–Crippen LogP) is 1.20. The Balaban J connectivity index is 2.02. The largest absolute Gasteiger partial charge is 0.545 e. The van der Waals surface area contributed by atoms with Gasteiger partial charge in [0.05, 0.1) is 19.2 Å². The average Bonchev–Trinajstić information content (AvgIpc) is 2.46. The smallest absolute Gasteiger partial charge is 0.189 e. The Bertz CT molecular complexity index is 594. The molecule has 0 aliphatic heterocycles. The van der Waals surface area contributed by atoms with Gasteiger partial charge in [-0.05, 0) is 34.5 Å². The van der Waals surface area contributed by atoms with Gasteiger partial charge in [0, 0.05) is 7.11 Å². The summed E-state index contributed by atoms with van der Waals surface area (Å²) >= 11 is 0. The van der Waals surface area contributed by atoms with Gasteiger partial charge >= 0.3 is 0 Å². The molecule has 2 rings (SSSR count).